The Morgan fingerprint density at radius 2 is 1.82 bits per heavy atom. The van der Waals surface area contributed by atoms with Crippen molar-refractivity contribution in [3.8, 4) is 0 Å². The molecular formula is C20H29N3O4S. The minimum atomic E-state index is -3.46. The molecular weight excluding hydrogens is 378 g/mol. The minimum absolute atomic E-state index is 0.0556. The predicted octanol–water partition coefficient (Wildman–Crippen LogP) is 2.24. The number of fused-ring (bicyclic) bond motifs is 1. The van der Waals surface area contributed by atoms with E-state index in [2.05, 4.69) is 10.6 Å². The van der Waals surface area contributed by atoms with Gasteiger partial charge < -0.3 is 15.4 Å². The zero-order valence-electron chi connectivity index (χ0n) is 16.0. The van der Waals surface area contributed by atoms with E-state index in [-0.39, 0.29) is 30.3 Å². The van der Waals surface area contributed by atoms with Crippen molar-refractivity contribution in [1.82, 2.24) is 14.9 Å². The molecule has 4 rings (SSSR count). The molecule has 0 bridgehead atoms. The van der Waals surface area contributed by atoms with Crippen LogP contribution in [0, 0.1) is 0 Å². The molecule has 2 aliphatic heterocycles. The Morgan fingerprint density at radius 1 is 1.07 bits per heavy atom. The highest BCUT2D eigenvalue weighted by Crippen LogP contribution is 2.36. The van der Waals surface area contributed by atoms with Crippen LogP contribution in [0.5, 0.6) is 0 Å². The number of rotatable bonds is 5. The summed E-state index contributed by atoms with van der Waals surface area (Å²) in [5, 5.41) is 5.96. The number of nitrogens with zero attached hydrogens (tertiary/aromatic N) is 1. The first-order valence-corrected chi connectivity index (χ1v) is 11.7. The van der Waals surface area contributed by atoms with Crippen LogP contribution in [0.4, 0.5) is 4.79 Å². The molecule has 154 valence electrons. The smallest absolute Gasteiger partial charge is 0.315 e. The maximum absolute atomic E-state index is 12.8. The first-order valence-electron chi connectivity index (χ1n) is 10.3. The van der Waals surface area contributed by atoms with Crippen LogP contribution >= 0.6 is 0 Å². The van der Waals surface area contributed by atoms with Gasteiger partial charge in [0.15, 0.2) is 0 Å². The van der Waals surface area contributed by atoms with Crippen LogP contribution in [0.25, 0.3) is 0 Å². The Labute approximate surface area is 166 Å². The summed E-state index contributed by atoms with van der Waals surface area (Å²) in [6, 6.07) is 8.60. The van der Waals surface area contributed by atoms with Crippen LogP contribution in [-0.4, -0.2) is 56.1 Å². The van der Waals surface area contributed by atoms with Crippen molar-refractivity contribution in [2.45, 2.75) is 74.1 Å². The fourth-order valence-corrected chi connectivity index (χ4v) is 6.17. The van der Waals surface area contributed by atoms with Crippen molar-refractivity contribution >= 4 is 16.1 Å². The van der Waals surface area contributed by atoms with Gasteiger partial charge in [-0.25, -0.2) is 13.2 Å². The molecule has 0 aromatic heterocycles. The SMILES string of the molecule is O=C(NC[C@H]1CC[C@@H]2[C@@H](CN2S(=O)(=O)c2ccccc2)O1)NC1CCCCC1. The lowest BCUT2D eigenvalue weighted by atomic mass is 9.92. The standard InChI is InChI=1S/C20H29N3O4S/c24-20(22-15-7-3-1-4-8-15)21-13-16-11-12-18-19(27-16)14-23(18)28(25,26)17-9-5-2-6-10-17/h2,5-6,9-10,15-16,18-19H,1,3-4,7-8,11-14H2,(H2,21,22,24)/t16-,18-,19-/m1/s1. The highest BCUT2D eigenvalue weighted by Gasteiger charge is 2.49. The molecule has 2 saturated heterocycles. The van der Waals surface area contributed by atoms with Gasteiger partial charge in [-0.15, -0.1) is 0 Å². The molecule has 0 spiro atoms. The summed E-state index contributed by atoms with van der Waals surface area (Å²) in [5.74, 6) is 0. The van der Waals surface area contributed by atoms with E-state index in [0.29, 0.717) is 18.0 Å². The maximum atomic E-state index is 12.8. The van der Waals surface area contributed by atoms with E-state index in [9.17, 15) is 13.2 Å². The zero-order valence-corrected chi connectivity index (χ0v) is 16.9. The third-order valence-electron chi connectivity index (χ3n) is 6.09. The molecule has 8 heteroatoms. The highest BCUT2D eigenvalue weighted by atomic mass is 32.2. The van der Waals surface area contributed by atoms with Gasteiger partial charge in [0.2, 0.25) is 10.0 Å². The predicted molar refractivity (Wildman–Crippen MR) is 105 cm³/mol. The lowest BCUT2D eigenvalue weighted by Gasteiger charge is -2.50. The summed E-state index contributed by atoms with van der Waals surface area (Å²) < 4.78 is 33.1. The zero-order chi connectivity index (χ0) is 19.6. The van der Waals surface area contributed by atoms with E-state index < -0.39 is 10.0 Å². The van der Waals surface area contributed by atoms with Crippen molar-refractivity contribution < 1.29 is 17.9 Å². The average molecular weight is 408 g/mol. The maximum Gasteiger partial charge on any atom is 0.315 e. The molecule has 1 aromatic carbocycles. The number of hydrogen-bond acceptors (Lipinski definition) is 4. The second kappa shape index (κ2) is 8.39. The van der Waals surface area contributed by atoms with Crippen LogP contribution < -0.4 is 10.6 Å². The van der Waals surface area contributed by atoms with Crippen molar-refractivity contribution in [2.24, 2.45) is 0 Å². The number of carbonyl (C=O) groups is 1. The molecule has 3 aliphatic rings. The van der Waals surface area contributed by atoms with Crippen molar-refractivity contribution in [3.63, 3.8) is 0 Å². The molecule has 0 radical (unpaired) electrons. The van der Waals surface area contributed by atoms with Crippen molar-refractivity contribution in [2.75, 3.05) is 13.1 Å². The Kier molecular flexibility index (Phi) is 5.89. The number of sulfonamides is 1. The molecule has 3 fully saturated rings. The summed E-state index contributed by atoms with van der Waals surface area (Å²) in [6.45, 7) is 0.847. The lowest BCUT2D eigenvalue weighted by molar-refractivity contribution is -0.136. The van der Waals surface area contributed by atoms with Gasteiger partial charge in [0.05, 0.1) is 23.1 Å². The van der Waals surface area contributed by atoms with Crippen molar-refractivity contribution in [1.29, 1.82) is 0 Å². The summed E-state index contributed by atoms with van der Waals surface area (Å²) in [7, 11) is -3.46. The summed E-state index contributed by atoms with van der Waals surface area (Å²) >= 11 is 0. The first kappa shape index (κ1) is 19.7. The number of amides is 2. The second-order valence-electron chi connectivity index (χ2n) is 8.02. The number of ether oxygens (including phenoxy) is 1. The van der Waals surface area contributed by atoms with Gasteiger partial charge in [-0.3, -0.25) is 0 Å². The normalized spacial score (nSPS) is 28.8. The third kappa shape index (κ3) is 4.18. The topological polar surface area (TPSA) is 87.7 Å². The molecule has 7 nitrogen and oxygen atoms in total. The Bertz CT molecular complexity index is 780. The number of carbonyl (C=O) groups excluding carboxylic acids is 1. The van der Waals surface area contributed by atoms with Crippen LogP contribution in [0.1, 0.15) is 44.9 Å². The molecule has 28 heavy (non-hydrogen) atoms. The van der Waals surface area contributed by atoms with Gasteiger partial charge in [0.1, 0.15) is 0 Å². The molecule has 3 atom stereocenters. The lowest BCUT2D eigenvalue weighted by Crippen LogP contribution is -2.66. The number of urea groups is 1. The van der Waals surface area contributed by atoms with Gasteiger partial charge in [0, 0.05) is 19.1 Å². The van der Waals surface area contributed by atoms with Crippen LogP contribution in [0.15, 0.2) is 35.2 Å². The quantitative estimate of drug-likeness (QED) is 0.784. The Hall–Kier alpha value is -1.64. The van der Waals surface area contributed by atoms with Crippen molar-refractivity contribution in [3.05, 3.63) is 30.3 Å². The van der Waals surface area contributed by atoms with E-state index in [1.54, 1.807) is 28.6 Å². The second-order valence-corrected chi connectivity index (χ2v) is 9.91. The van der Waals surface area contributed by atoms with Gasteiger partial charge >= 0.3 is 6.03 Å². The van der Waals surface area contributed by atoms with E-state index in [1.165, 1.54) is 19.3 Å². The van der Waals surface area contributed by atoms with E-state index in [4.69, 9.17) is 4.74 Å². The number of hydrogen-bond donors (Lipinski definition) is 2. The highest BCUT2D eigenvalue weighted by molar-refractivity contribution is 7.89. The van der Waals surface area contributed by atoms with E-state index >= 15 is 0 Å². The molecule has 1 aromatic rings. The largest absolute Gasteiger partial charge is 0.370 e. The monoisotopic (exact) mass is 407 g/mol. The molecule has 2 N–H and O–H groups in total. The number of benzene rings is 1. The van der Waals surface area contributed by atoms with Crippen LogP contribution in [-0.2, 0) is 14.8 Å². The summed E-state index contributed by atoms with van der Waals surface area (Å²) in [4.78, 5) is 12.4. The van der Waals surface area contributed by atoms with Gasteiger partial charge in [0.25, 0.3) is 0 Å². The molecule has 1 aliphatic carbocycles. The van der Waals surface area contributed by atoms with Crippen LogP contribution in [0.2, 0.25) is 0 Å². The van der Waals surface area contributed by atoms with Gasteiger partial charge in [-0.2, -0.15) is 4.31 Å². The molecule has 1 saturated carbocycles. The van der Waals surface area contributed by atoms with Crippen LogP contribution in [0.3, 0.4) is 0 Å². The Balaban J connectivity index is 1.23. The van der Waals surface area contributed by atoms with E-state index in [0.717, 1.165) is 25.7 Å². The minimum Gasteiger partial charge on any atom is -0.370 e. The molecule has 2 amide bonds. The third-order valence-corrected chi connectivity index (χ3v) is 8.00. The van der Waals surface area contributed by atoms with Gasteiger partial charge in [-0.1, -0.05) is 37.5 Å². The molecule has 0 unspecified atom stereocenters. The Morgan fingerprint density at radius 3 is 2.54 bits per heavy atom. The fraction of sp³-hybridized carbons (Fsp3) is 0.650. The fourth-order valence-electron chi connectivity index (χ4n) is 4.46. The van der Waals surface area contributed by atoms with E-state index in [1.807, 2.05) is 6.07 Å². The summed E-state index contributed by atoms with van der Waals surface area (Å²) in [6.07, 6.45) is 7.10. The summed E-state index contributed by atoms with van der Waals surface area (Å²) in [5.41, 5.74) is 0. The molecule has 2 heterocycles. The van der Waals surface area contributed by atoms with Gasteiger partial charge in [-0.05, 0) is 37.8 Å². The first-order chi connectivity index (χ1) is 13.5. The average Bonchev–Trinajstić information content (AvgIpc) is 2.69. The number of nitrogens with one attached hydrogen (secondary N) is 2.